The molecule has 1 unspecified atom stereocenters. The summed E-state index contributed by atoms with van der Waals surface area (Å²) in [5.74, 6) is -1.06. The van der Waals surface area contributed by atoms with Crippen LogP contribution >= 0.6 is 0 Å². The summed E-state index contributed by atoms with van der Waals surface area (Å²) < 4.78 is 5.11. The van der Waals surface area contributed by atoms with E-state index < -0.39 is 18.0 Å². The molecule has 1 aromatic rings. The molecule has 0 bridgehead atoms. The molecular weight excluding hydrogens is 274 g/mol. The molecule has 7 nitrogen and oxygen atoms in total. The van der Waals surface area contributed by atoms with Gasteiger partial charge in [-0.25, -0.2) is 9.59 Å². The first-order valence-corrected chi connectivity index (χ1v) is 6.73. The van der Waals surface area contributed by atoms with Crippen molar-refractivity contribution in [3.63, 3.8) is 0 Å². The summed E-state index contributed by atoms with van der Waals surface area (Å²) in [6.45, 7) is 1.32. The molecule has 1 aliphatic heterocycles. The normalized spacial score (nSPS) is 18.3. The van der Waals surface area contributed by atoms with Crippen LogP contribution in [0.1, 0.15) is 5.56 Å². The van der Waals surface area contributed by atoms with E-state index in [0.29, 0.717) is 18.8 Å². The van der Waals surface area contributed by atoms with Gasteiger partial charge in [-0.15, -0.1) is 0 Å². The fraction of sp³-hybridized carbons (Fsp3) is 0.429. The number of hydrogen-bond donors (Lipinski definition) is 3. The Morgan fingerprint density at radius 1 is 1.48 bits per heavy atom. The molecule has 7 heteroatoms. The number of carbonyl (C=O) groups excluding carboxylic acids is 1. The van der Waals surface area contributed by atoms with E-state index in [1.54, 1.807) is 6.07 Å². The quantitative estimate of drug-likeness (QED) is 0.761. The fourth-order valence-electron chi connectivity index (χ4n) is 2.21. The summed E-state index contributed by atoms with van der Waals surface area (Å²) in [5, 5.41) is 14.9. The van der Waals surface area contributed by atoms with E-state index in [-0.39, 0.29) is 13.2 Å². The lowest BCUT2D eigenvalue weighted by Gasteiger charge is -2.32. The van der Waals surface area contributed by atoms with E-state index in [4.69, 9.17) is 9.84 Å². The lowest BCUT2D eigenvalue weighted by atomic mass is 10.2. The second kappa shape index (κ2) is 7.05. The van der Waals surface area contributed by atoms with E-state index in [0.717, 1.165) is 5.56 Å². The predicted molar refractivity (Wildman–Crippen MR) is 77.2 cm³/mol. The van der Waals surface area contributed by atoms with Gasteiger partial charge < -0.3 is 25.4 Å². The second-order valence-electron chi connectivity index (χ2n) is 4.78. The van der Waals surface area contributed by atoms with Gasteiger partial charge >= 0.3 is 12.0 Å². The third kappa shape index (κ3) is 3.93. The van der Waals surface area contributed by atoms with Gasteiger partial charge in [0, 0.05) is 18.8 Å². The molecule has 1 fully saturated rings. The molecule has 2 amide bonds. The Bertz CT molecular complexity index is 521. The number of aliphatic carboxylic acids is 1. The van der Waals surface area contributed by atoms with E-state index in [1.165, 1.54) is 4.90 Å². The predicted octanol–water partition coefficient (Wildman–Crippen LogP) is 0.723. The highest BCUT2D eigenvalue weighted by Crippen LogP contribution is 2.14. The van der Waals surface area contributed by atoms with Crippen LogP contribution in [0.2, 0.25) is 0 Å². The Morgan fingerprint density at radius 3 is 3.00 bits per heavy atom. The Balaban J connectivity index is 2.05. The van der Waals surface area contributed by atoms with Crippen molar-refractivity contribution < 1.29 is 19.4 Å². The maximum absolute atomic E-state index is 12.2. The van der Waals surface area contributed by atoms with Crippen molar-refractivity contribution in [2.24, 2.45) is 0 Å². The van der Waals surface area contributed by atoms with Crippen LogP contribution in [0.4, 0.5) is 10.5 Å². The second-order valence-corrected chi connectivity index (χ2v) is 4.78. The molecule has 3 N–H and O–H groups in total. The summed E-state index contributed by atoms with van der Waals surface area (Å²) in [6, 6.07) is 6.04. The summed E-state index contributed by atoms with van der Waals surface area (Å²) in [4.78, 5) is 24.7. The molecule has 0 aliphatic carbocycles. The molecule has 0 radical (unpaired) electrons. The van der Waals surface area contributed by atoms with Crippen LogP contribution in [-0.4, -0.2) is 54.9 Å². The highest BCUT2D eigenvalue weighted by molar-refractivity contribution is 5.92. The Labute approximate surface area is 122 Å². The molecule has 0 spiro atoms. The van der Waals surface area contributed by atoms with Crippen molar-refractivity contribution in [3.8, 4) is 0 Å². The van der Waals surface area contributed by atoms with Gasteiger partial charge in [0.1, 0.15) is 0 Å². The number of urea groups is 1. The zero-order chi connectivity index (χ0) is 15.2. The van der Waals surface area contributed by atoms with Crippen LogP contribution in [0.3, 0.4) is 0 Å². The molecule has 1 aliphatic rings. The van der Waals surface area contributed by atoms with Crippen molar-refractivity contribution in [3.05, 3.63) is 29.8 Å². The molecule has 0 aromatic heterocycles. The van der Waals surface area contributed by atoms with Crippen molar-refractivity contribution in [1.29, 1.82) is 0 Å². The summed E-state index contributed by atoms with van der Waals surface area (Å²) >= 11 is 0. The standard InChI is InChI=1S/C14H19N3O4/c1-15-8-10-3-2-4-11(7-10)16-14(20)17-5-6-21-9-12(17)13(18)19/h2-4,7,12,15H,5-6,8-9H2,1H3,(H,16,20)(H,18,19). The monoisotopic (exact) mass is 293 g/mol. The van der Waals surface area contributed by atoms with E-state index in [9.17, 15) is 9.59 Å². The Hall–Kier alpha value is -2.12. The molecule has 1 heterocycles. The van der Waals surface area contributed by atoms with Crippen molar-refractivity contribution in [2.75, 3.05) is 32.1 Å². The fourth-order valence-corrected chi connectivity index (χ4v) is 2.21. The molecule has 1 atom stereocenters. The molecular formula is C14H19N3O4. The van der Waals surface area contributed by atoms with E-state index in [1.807, 2.05) is 25.2 Å². The van der Waals surface area contributed by atoms with Gasteiger partial charge in [0.25, 0.3) is 0 Å². The molecule has 2 rings (SSSR count). The average Bonchev–Trinajstić information content (AvgIpc) is 2.48. The lowest BCUT2D eigenvalue weighted by Crippen LogP contribution is -2.53. The van der Waals surface area contributed by atoms with Crippen LogP contribution in [0.5, 0.6) is 0 Å². The molecule has 1 saturated heterocycles. The molecule has 0 saturated carbocycles. The summed E-state index contributed by atoms with van der Waals surface area (Å²) in [6.07, 6.45) is 0. The van der Waals surface area contributed by atoms with Crippen LogP contribution in [0.25, 0.3) is 0 Å². The number of carboxylic acid groups (broad SMARTS) is 1. The smallest absolute Gasteiger partial charge is 0.328 e. The van der Waals surface area contributed by atoms with Gasteiger partial charge in [0.05, 0.1) is 13.2 Å². The first kappa shape index (κ1) is 15.3. The Kier molecular flexibility index (Phi) is 5.13. The van der Waals surface area contributed by atoms with Crippen LogP contribution in [0.15, 0.2) is 24.3 Å². The minimum Gasteiger partial charge on any atom is -0.480 e. The summed E-state index contributed by atoms with van der Waals surface area (Å²) in [5.41, 5.74) is 1.68. The maximum Gasteiger partial charge on any atom is 0.328 e. The topological polar surface area (TPSA) is 90.9 Å². The average molecular weight is 293 g/mol. The summed E-state index contributed by atoms with van der Waals surface area (Å²) in [7, 11) is 1.84. The third-order valence-electron chi connectivity index (χ3n) is 3.23. The van der Waals surface area contributed by atoms with Gasteiger partial charge in [0.2, 0.25) is 0 Å². The van der Waals surface area contributed by atoms with Gasteiger partial charge in [0.15, 0.2) is 6.04 Å². The maximum atomic E-state index is 12.2. The zero-order valence-corrected chi connectivity index (χ0v) is 11.8. The molecule has 114 valence electrons. The molecule has 1 aromatic carbocycles. The third-order valence-corrected chi connectivity index (χ3v) is 3.23. The van der Waals surface area contributed by atoms with E-state index in [2.05, 4.69) is 10.6 Å². The van der Waals surface area contributed by atoms with E-state index >= 15 is 0 Å². The minimum atomic E-state index is -1.06. The van der Waals surface area contributed by atoms with Crippen molar-refractivity contribution in [2.45, 2.75) is 12.6 Å². The largest absolute Gasteiger partial charge is 0.480 e. The first-order valence-electron chi connectivity index (χ1n) is 6.73. The number of carbonyl (C=O) groups is 2. The number of morpholine rings is 1. The van der Waals surface area contributed by atoms with Gasteiger partial charge in [-0.1, -0.05) is 12.1 Å². The highest BCUT2D eigenvalue weighted by atomic mass is 16.5. The first-order chi connectivity index (χ1) is 10.1. The number of nitrogens with one attached hydrogen (secondary N) is 2. The van der Waals surface area contributed by atoms with Crippen LogP contribution in [0, 0.1) is 0 Å². The lowest BCUT2D eigenvalue weighted by molar-refractivity contribution is -0.147. The number of ether oxygens (including phenoxy) is 1. The van der Waals surface area contributed by atoms with Crippen molar-refractivity contribution >= 4 is 17.7 Å². The van der Waals surface area contributed by atoms with Crippen LogP contribution < -0.4 is 10.6 Å². The number of amides is 2. The number of nitrogens with zero attached hydrogens (tertiary/aromatic N) is 1. The van der Waals surface area contributed by atoms with Crippen molar-refractivity contribution in [1.82, 2.24) is 10.2 Å². The molecule has 21 heavy (non-hydrogen) atoms. The number of anilines is 1. The SMILES string of the molecule is CNCc1cccc(NC(=O)N2CCOCC2C(=O)O)c1. The number of hydrogen-bond acceptors (Lipinski definition) is 4. The Morgan fingerprint density at radius 2 is 2.29 bits per heavy atom. The number of carboxylic acids is 1. The minimum absolute atomic E-state index is 0.0164. The van der Waals surface area contributed by atoms with Gasteiger partial charge in [-0.2, -0.15) is 0 Å². The van der Waals surface area contributed by atoms with Gasteiger partial charge in [-0.05, 0) is 24.7 Å². The van der Waals surface area contributed by atoms with Crippen LogP contribution in [-0.2, 0) is 16.1 Å². The zero-order valence-electron chi connectivity index (χ0n) is 11.8. The number of benzene rings is 1. The highest BCUT2D eigenvalue weighted by Gasteiger charge is 2.32. The number of rotatable bonds is 4. The van der Waals surface area contributed by atoms with Gasteiger partial charge in [-0.3, -0.25) is 0 Å².